The van der Waals surface area contributed by atoms with Gasteiger partial charge < -0.3 is 34.4 Å². The molecule has 172 valence electrons. The molecule has 0 aliphatic carbocycles. The van der Waals surface area contributed by atoms with Crippen LogP contribution in [0, 0.1) is 27.1 Å². The fourth-order valence-electron chi connectivity index (χ4n) is 2.58. The van der Waals surface area contributed by atoms with Crippen molar-refractivity contribution in [2.45, 2.75) is 19.4 Å². The molecule has 2 rings (SSSR count). The molecule has 6 N–H and O–H groups in total. The number of aliphatic hydroxyl groups excluding tert-OH is 1. The maximum atomic E-state index is 13.8. The first-order chi connectivity index (χ1) is 13.6. The minimum Gasteiger partial charge on any atom is -0.396 e. The first-order valence-corrected chi connectivity index (χ1v) is 13.0. The third kappa shape index (κ3) is 6.64. The number of hydrogen-bond acceptors (Lipinski definition) is 10. The first kappa shape index (κ1) is 26.0. The number of nitrogens with one attached hydrogen (secondary N) is 1. The molecule has 1 fully saturated rings. The highest BCUT2D eigenvalue weighted by Gasteiger charge is 2.49. The van der Waals surface area contributed by atoms with Crippen molar-refractivity contribution in [3.05, 3.63) is 21.4 Å². The Morgan fingerprint density at radius 2 is 1.80 bits per heavy atom. The summed E-state index contributed by atoms with van der Waals surface area (Å²) in [5.41, 5.74) is 0. The molecule has 1 saturated heterocycles. The highest BCUT2D eigenvalue weighted by atomic mass is 32.1. The zero-order valence-electron chi connectivity index (χ0n) is 14.7. The van der Waals surface area contributed by atoms with E-state index in [-0.39, 0.29) is 9.41 Å². The van der Waals surface area contributed by atoms with E-state index < -0.39 is 60.2 Å². The lowest BCUT2D eigenvalue weighted by Gasteiger charge is -2.22. The van der Waals surface area contributed by atoms with Gasteiger partial charge in [0.05, 0.1) is 6.61 Å². The lowest BCUT2D eigenvalue weighted by Crippen LogP contribution is -2.25. The van der Waals surface area contributed by atoms with Crippen LogP contribution in [0.5, 0.6) is 0 Å². The molecule has 4 unspecified atom stereocenters. The number of phosphoric acid groups is 3. The van der Waals surface area contributed by atoms with E-state index in [9.17, 15) is 33.0 Å². The van der Waals surface area contributed by atoms with Crippen LogP contribution >= 0.6 is 47.9 Å². The summed E-state index contributed by atoms with van der Waals surface area (Å²) in [5.74, 6) is -2.60. The average Bonchev–Trinajstić information content (AvgIpc) is 2.81. The van der Waals surface area contributed by atoms with Crippen LogP contribution in [0.25, 0.3) is 0 Å². The molecular weight excluding hydrogens is 516 g/mol. The molecule has 6 atom stereocenters. The summed E-state index contributed by atoms with van der Waals surface area (Å²) in [6.07, 6.45) is -1.97. The Bertz CT molecular complexity index is 1060. The fourth-order valence-corrected chi connectivity index (χ4v) is 6.18. The van der Waals surface area contributed by atoms with Crippen LogP contribution in [-0.2, 0) is 31.6 Å². The molecule has 1 aromatic heterocycles. The predicted octanol–water partition coefficient (Wildman–Crippen LogP) is 1.86. The summed E-state index contributed by atoms with van der Waals surface area (Å²) in [4.78, 5) is 38.3. The van der Waals surface area contributed by atoms with Gasteiger partial charge in [0, 0.05) is 18.0 Å². The number of aromatic amines is 1. The van der Waals surface area contributed by atoms with E-state index in [4.69, 9.17) is 39.0 Å². The normalized spacial score (nSPS) is 28.8. The van der Waals surface area contributed by atoms with Crippen molar-refractivity contribution in [3.8, 4) is 0 Å². The quantitative estimate of drug-likeness (QED) is 0.209. The molecule has 30 heavy (non-hydrogen) atoms. The minimum absolute atomic E-state index is 0.0751. The van der Waals surface area contributed by atoms with Crippen molar-refractivity contribution in [1.82, 2.24) is 9.55 Å². The first-order valence-electron chi connectivity index (χ1n) is 7.65. The number of H-pyrrole nitrogens is 1. The van der Waals surface area contributed by atoms with E-state index in [1.807, 2.05) is 0 Å². The Labute approximate surface area is 177 Å². The average molecular weight is 532 g/mol. The second-order valence-electron chi connectivity index (χ2n) is 5.94. The molecular formula is C10H16FN2O12P3S2. The summed E-state index contributed by atoms with van der Waals surface area (Å²) in [7, 11) is -16.8. The van der Waals surface area contributed by atoms with Crippen LogP contribution in [0.1, 0.15) is 13.2 Å². The van der Waals surface area contributed by atoms with Crippen molar-refractivity contribution in [2.75, 3.05) is 6.61 Å². The van der Waals surface area contributed by atoms with Crippen molar-refractivity contribution in [3.63, 3.8) is 0 Å². The fraction of sp³-hybridized carbons (Fsp3) is 0.600. The Balaban J connectivity index is 2.26. The van der Waals surface area contributed by atoms with Crippen molar-refractivity contribution in [1.29, 1.82) is 0 Å². The van der Waals surface area contributed by atoms with Gasteiger partial charge in [0.15, 0.2) is 16.9 Å². The van der Waals surface area contributed by atoms with Crippen LogP contribution < -0.4 is 0 Å². The SMILES string of the molecule is CC1C(CO)[C@@H](OP(=O)(O)OP(=O)(O)OP(=O)(O)O)O[C@H]1n1cc(F)c(=S)[nH]c1=S. The number of aliphatic hydroxyl groups is 1. The van der Waals surface area contributed by atoms with Gasteiger partial charge in [0.2, 0.25) is 0 Å². The molecule has 20 heteroatoms. The Morgan fingerprint density at radius 3 is 2.33 bits per heavy atom. The number of aromatic nitrogens is 2. The van der Waals surface area contributed by atoms with Crippen LogP contribution in [0.3, 0.4) is 0 Å². The third-order valence-corrected chi connectivity index (χ3v) is 8.22. The lowest BCUT2D eigenvalue weighted by molar-refractivity contribution is -0.125. The van der Waals surface area contributed by atoms with Gasteiger partial charge in [-0.25, -0.2) is 18.1 Å². The van der Waals surface area contributed by atoms with Gasteiger partial charge in [0.1, 0.15) is 10.9 Å². The Morgan fingerprint density at radius 1 is 1.20 bits per heavy atom. The molecule has 1 aromatic rings. The van der Waals surface area contributed by atoms with E-state index in [0.717, 1.165) is 10.8 Å². The predicted molar refractivity (Wildman–Crippen MR) is 99.0 cm³/mol. The minimum atomic E-state index is -5.74. The molecule has 0 aromatic carbocycles. The maximum absolute atomic E-state index is 13.8. The molecule has 0 bridgehead atoms. The second kappa shape index (κ2) is 9.33. The van der Waals surface area contributed by atoms with E-state index in [1.54, 1.807) is 0 Å². The van der Waals surface area contributed by atoms with Gasteiger partial charge in [-0.05, 0) is 12.2 Å². The molecule has 1 aliphatic rings. The summed E-state index contributed by atoms with van der Waals surface area (Å²) in [5, 5.41) is 9.58. The van der Waals surface area contributed by atoms with Crippen molar-refractivity contribution < 1.29 is 60.6 Å². The van der Waals surface area contributed by atoms with Gasteiger partial charge in [-0.1, -0.05) is 19.1 Å². The molecule has 0 amide bonds. The van der Waals surface area contributed by atoms with Crippen LogP contribution in [0.4, 0.5) is 4.39 Å². The van der Waals surface area contributed by atoms with E-state index in [1.165, 1.54) is 6.92 Å². The summed E-state index contributed by atoms with van der Waals surface area (Å²) < 4.78 is 66.0. The Hall–Kier alpha value is -0.220. The number of ether oxygens (including phenoxy) is 1. The number of rotatable bonds is 8. The highest BCUT2D eigenvalue weighted by molar-refractivity contribution is 7.72. The van der Waals surface area contributed by atoms with Crippen molar-refractivity contribution >= 4 is 47.9 Å². The Kier molecular flexibility index (Phi) is 8.10. The largest absolute Gasteiger partial charge is 0.490 e. The van der Waals surface area contributed by atoms with Gasteiger partial charge in [-0.15, -0.1) is 0 Å². The second-order valence-corrected chi connectivity index (χ2v) is 11.1. The van der Waals surface area contributed by atoms with Gasteiger partial charge in [-0.3, -0.25) is 9.09 Å². The zero-order valence-corrected chi connectivity index (χ0v) is 19.0. The monoisotopic (exact) mass is 532 g/mol. The molecule has 0 spiro atoms. The van der Waals surface area contributed by atoms with E-state index >= 15 is 0 Å². The molecule has 1 aliphatic heterocycles. The molecule has 0 saturated carbocycles. The van der Waals surface area contributed by atoms with E-state index in [0.29, 0.717) is 0 Å². The van der Waals surface area contributed by atoms with Crippen molar-refractivity contribution in [2.24, 2.45) is 11.8 Å². The number of hydrogen-bond donors (Lipinski definition) is 6. The highest BCUT2D eigenvalue weighted by Crippen LogP contribution is 2.67. The van der Waals surface area contributed by atoms with E-state index in [2.05, 4.69) is 18.1 Å². The number of halogens is 1. The maximum Gasteiger partial charge on any atom is 0.490 e. The molecule has 2 heterocycles. The van der Waals surface area contributed by atoms with Crippen LogP contribution in [0.2, 0.25) is 0 Å². The summed E-state index contributed by atoms with van der Waals surface area (Å²) >= 11 is 9.75. The van der Waals surface area contributed by atoms with Gasteiger partial charge >= 0.3 is 23.5 Å². The topological polar surface area (TPSA) is 210 Å². The zero-order chi connectivity index (χ0) is 23.1. The summed E-state index contributed by atoms with van der Waals surface area (Å²) in [6, 6.07) is 0. The molecule has 14 nitrogen and oxygen atoms in total. The lowest BCUT2D eigenvalue weighted by atomic mass is 9.95. The van der Waals surface area contributed by atoms with Crippen LogP contribution in [0.15, 0.2) is 6.20 Å². The smallest absolute Gasteiger partial charge is 0.396 e. The summed E-state index contributed by atoms with van der Waals surface area (Å²) in [6.45, 7) is 0.837. The molecule has 0 radical (unpaired) electrons. The van der Waals surface area contributed by atoms with Gasteiger partial charge in [-0.2, -0.15) is 8.62 Å². The third-order valence-electron chi connectivity index (χ3n) is 3.81. The van der Waals surface area contributed by atoms with Crippen LogP contribution in [-0.4, -0.2) is 47.1 Å². The number of phosphoric ester groups is 1. The number of nitrogens with zero attached hydrogens (tertiary/aromatic N) is 1. The van der Waals surface area contributed by atoms with Gasteiger partial charge in [0.25, 0.3) is 0 Å². The standard InChI is InChI=1S/C10H16FN2O12P3S2/c1-4-5(3-14)9(22-8(4)13-2-6(11)7(29)12-10(13)30)23-27(18,19)25-28(20,21)24-26(15,16)17/h2,4-5,8-9,14H,3H2,1H3,(H,18,19)(H,20,21)(H,12,29,30)(H2,15,16,17)/t4?,5?,8-,9-/m1/s1.